The van der Waals surface area contributed by atoms with Crippen LogP contribution in [0.25, 0.3) is 11.0 Å². The Balaban J connectivity index is 1.83. The summed E-state index contributed by atoms with van der Waals surface area (Å²) < 4.78 is 5.63. The first-order valence-corrected chi connectivity index (χ1v) is 8.81. The monoisotopic (exact) mass is 352 g/mol. The zero-order valence-corrected chi connectivity index (χ0v) is 15.1. The number of furan rings is 1. The van der Waals surface area contributed by atoms with Gasteiger partial charge in [0, 0.05) is 10.9 Å². The molecule has 2 unspecified atom stereocenters. The summed E-state index contributed by atoms with van der Waals surface area (Å²) in [4.78, 5) is 11.9. The molecule has 2 atom stereocenters. The molecule has 0 amide bonds. The van der Waals surface area contributed by atoms with Gasteiger partial charge in [-0.15, -0.1) is 0 Å². The number of aliphatic hydroxyl groups excluding tert-OH is 1. The number of carboxylic acid groups (broad SMARTS) is 1. The van der Waals surface area contributed by atoms with Crippen molar-refractivity contribution in [1.29, 1.82) is 0 Å². The molecule has 0 saturated heterocycles. The normalized spacial score (nSPS) is 14.3. The van der Waals surface area contributed by atoms with E-state index in [1.54, 1.807) is 6.26 Å². The molecule has 2 aromatic carbocycles. The Kier molecular flexibility index (Phi) is 5.14. The third kappa shape index (κ3) is 3.81. The van der Waals surface area contributed by atoms with Gasteiger partial charge >= 0.3 is 5.97 Å². The maximum atomic E-state index is 11.9. The first kappa shape index (κ1) is 18.2. The van der Waals surface area contributed by atoms with Crippen molar-refractivity contribution in [2.75, 3.05) is 0 Å². The summed E-state index contributed by atoms with van der Waals surface area (Å²) >= 11 is 0. The lowest BCUT2D eigenvalue weighted by Gasteiger charge is -2.29. The van der Waals surface area contributed by atoms with Crippen molar-refractivity contribution in [3.63, 3.8) is 0 Å². The number of hydrogen-bond acceptors (Lipinski definition) is 3. The maximum absolute atomic E-state index is 11.9. The van der Waals surface area contributed by atoms with E-state index >= 15 is 0 Å². The number of benzene rings is 2. The van der Waals surface area contributed by atoms with E-state index in [1.807, 2.05) is 68.4 Å². The molecule has 1 heterocycles. The number of aliphatic hydroxyl groups is 1. The predicted octanol–water partition coefficient (Wildman–Crippen LogP) is 4.93. The van der Waals surface area contributed by atoms with Gasteiger partial charge in [-0.2, -0.15) is 0 Å². The van der Waals surface area contributed by atoms with Crippen LogP contribution in [0.3, 0.4) is 0 Å². The summed E-state index contributed by atoms with van der Waals surface area (Å²) in [6.07, 6.45) is 1.44. The van der Waals surface area contributed by atoms with Crippen molar-refractivity contribution in [1.82, 2.24) is 0 Å². The van der Waals surface area contributed by atoms with Gasteiger partial charge in [0.1, 0.15) is 5.58 Å². The number of rotatable bonds is 7. The molecule has 4 heteroatoms. The Bertz CT molecular complexity index is 879. The van der Waals surface area contributed by atoms with Crippen molar-refractivity contribution in [3.8, 4) is 0 Å². The second-order valence-corrected chi connectivity index (χ2v) is 7.43. The molecule has 26 heavy (non-hydrogen) atoms. The fraction of sp³-hybridized carbons (Fsp3) is 0.318. The molecule has 0 fully saturated rings. The average Bonchev–Trinajstić information content (AvgIpc) is 3.10. The third-order valence-electron chi connectivity index (χ3n) is 5.01. The minimum atomic E-state index is -0.889. The van der Waals surface area contributed by atoms with Crippen molar-refractivity contribution in [3.05, 3.63) is 72.0 Å². The first-order valence-electron chi connectivity index (χ1n) is 8.81. The molecule has 0 radical (unpaired) electrons. The molecule has 3 aromatic rings. The molecule has 1 aromatic heterocycles. The van der Waals surface area contributed by atoms with E-state index in [4.69, 9.17) is 4.42 Å². The Labute approximate surface area is 153 Å². The summed E-state index contributed by atoms with van der Waals surface area (Å²) in [7, 11) is 0. The van der Waals surface area contributed by atoms with Crippen molar-refractivity contribution in [2.45, 2.75) is 38.2 Å². The minimum absolute atomic E-state index is 0.177. The smallest absolute Gasteiger partial charge is 0.306 e. The Hall–Kier alpha value is -2.59. The van der Waals surface area contributed by atoms with Gasteiger partial charge in [-0.05, 0) is 29.9 Å². The molecule has 0 aliphatic heterocycles. The Morgan fingerprint density at radius 1 is 1.08 bits per heavy atom. The van der Waals surface area contributed by atoms with Crippen LogP contribution in [0.5, 0.6) is 0 Å². The second kappa shape index (κ2) is 7.34. The summed E-state index contributed by atoms with van der Waals surface area (Å²) in [6.45, 7) is 4.05. The summed E-state index contributed by atoms with van der Waals surface area (Å²) in [5.41, 5.74) is 2.12. The van der Waals surface area contributed by atoms with Gasteiger partial charge in [0.2, 0.25) is 0 Å². The molecular formula is C22H24O4. The number of aliphatic carboxylic acids is 1. The molecule has 0 saturated carbocycles. The van der Waals surface area contributed by atoms with E-state index in [2.05, 4.69) is 0 Å². The van der Waals surface area contributed by atoms with Crippen LogP contribution in [0.1, 0.15) is 43.9 Å². The fourth-order valence-electron chi connectivity index (χ4n) is 3.60. The van der Waals surface area contributed by atoms with Gasteiger partial charge < -0.3 is 14.6 Å². The Morgan fingerprint density at radius 3 is 2.50 bits per heavy atom. The minimum Gasteiger partial charge on any atom is -0.481 e. The highest BCUT2D eigenvalue weighted by Gasteiger charge is 2.32. The van der Waals surface area contributed by atoms with Crippen LogP contribution >= 0.6 is 0 Å². The largest absolute Gasteiger partial charge is 0.481 e. The highest BCUT2D eigenvalue weighted by atomic mass is 16.4. The van der Waals surface area contributed by atoms with Crippen molar-refractivity contribution >= 4 is 16.9 Å². The van der Waals surface area contributed by atoms with Gasteiger partial charge in [-0.25, -0.2) is 0 Å². The number of hydrogen-bond donors (Lipinski definition) is 2. The SMILES string of the molecule is CC(C)(CC(CC(O)c1ccccc1)C(=O)O)c1cccc2ccoc12. The van der Waals surface area contributed by atoms with Crippen LogP contribution in [0.2, 0.25) is 0 Å². The molecule has 136 valence electrons. The first-order chi connectivity index (χ1) is 12.4. The molecule has 0 aliphatic rings. The van der Waals surface area contributed by atoms with Crippen molar-refractivity contribution < 1.29 is 19.4 Å². The molecule has 0 aliphatic carbocycles. The zero-order chi connectivity index (χ0) is 18.7. The number of carboxylic acids is 1. The molecule has 0 bridgehead atoms. The molecular weight excluding hydrogens is 328 g/mol. The lowest BCUT2D eigenvalue weighted by molar-refractivity contribution is -0.143. The van der Waals surface area contributed by atoms with E-state index in [9.17, 15) is 15.0 Å². The quantitative estimate of drug-likeness (QED) is 0.633. The summed E-state index contributed by atoms with van der Waals surface area (Å²) in [6, 6.07) is 17.0. The van der Waals surface area contributed by atoms with Crippen LogP contribution in [0.4, 0.5) is 0 Å². The Morgan fingerprint density at radius 2 is 1.81 bits per heavy atom. The van der Waals surface area contributed by atoms with Crippen LogP contribution in [-0.4, -0.2) is 16.2 Å². The summed E-state index contributed by atoms with van der Waals surface area (Å²) in [5.74, 6) is -1.55. The van der Waals surface area contributed by atoms with Crippen LogP contribution in [-0.2, 0) is 10.2 Å². The van der Waals surface area contributed by atoms with Gasteiger partial charge in [0.25, 0.3) is 0 Å². The maximum Gasteiger partial charge on any atom is 0.306 e. The average molecular weight is 352 g/mol. The topological polar surface area (TPSA) is 70.7 Å². The van der Waals surface area contributed by atoms with Crippen LogP contribution in [0, 0.1) is 5.92 Å². The predicted molar refractivity (Wildman–Crippen MR) is 101 cm³/mol. The fourth-order valence-corrected chi connectivity index (χ4v) is 3.60. The van der Waals surface area contributed by atoms with Crippen LogP contribution < -0.4 is 0 Å². The standard InChI is InChI=1S/C22H24O4/c1-22(2,18-10-6-9-16-11-12-26-20(16)18)14-17(21(24)25)13-19(23)15-7-4-3-5-8-15/h3-12,17,19,23H,13-14H2,1-2H3,(H,24,25). The lowest BCUT2D eigenvalue weighted by atomic mass is 9.75. The van der Waals surface area contributed by atoms with Gasteiger partial charge in [0.15, 0.2) is 0 Å². The van der Waals surface area contributed by atoms with E-state index < -0.39 is 23.4 Å². The molecule has 2 N–H and O–H groups in total. The van der Waals surface area contributed by atoms with E-state index in [1.165, 1.54) is 0 Å². The lowest BCUT2D eigenvalue weighted by Crippen LogP contribution is -2.27. The van der Waals surface area contributed by atoms with Crippen LogP contribution in [0.15, 0.2) is 65.3 Å². The highest BCUT2D eigenvalue weighted by molar-refractivity contribution is 5.81. The highest BCUT2D eigenvalue weighted by Crippen LogP contribution is 2.38. The van der Waals surface area contributed by atoms with E-state index in [0.29, 0.717) is 6.42 Å². The second-order valence-electron chi connectivity index (χ2n) is 7.43. The number of fused-ring (bicyclic) bond motifs is 1. The van der Waals surface area contributed by atoms with E-state index in [0.717, 1.165) is 22.1 Å². The molecule has 0 spiro atoms. The van der Waals surface area contributed by atoms with Crippen molar-refractivity contribution in [2.24, 2.45) is 5.92 Å². The zero-order valence-electron chi connectivity index (χ0n) is 15.1. The summed E-state index contributed by atoms with van der Waals surface area (Å²) in [5, 5.41) is 21.2. The van der Waals surface area contributed by atoms with Gasteiger partial charge in [-0.1, -0.05) is 62.4 Å². The number of para-hydroxylation sites is 1. The van der Waals surface area contributed by atoms with E-state index in [-0.39, 0.29) is 6.42 Å². The third-order valence-corrected chi connectivity index (χ3v) is 5.01. The molecule has 3 rings (SSSR count). The van der Waals surface area contributed by atoms with Gasteiger partial charge in [-0.3, -0.25) is 4.79 Å². The molecule has 4 nitrogen and oxygen atoms in total. The number of carbonyl (C=O) groups is 1. The van der Waals surface area contributed by atoms with Gasteiger partial charge in [0.05, 0.1) is 18.3 Å².